The monoisotopic (exact) mass is 546 g/mol. The Morgan fingerprint density at radius 1 is 0.732 bits per heavy atom. The van der Waals surface area contributed by atoms with Crippen LogP contribution in [0.1, 0.15) is 22.6 Å². The Morgan fingerprint density at radius 2 is 1.46 bits per heavy atom. The highest BCUT2D eigenvalue weighted by Crippen LogP contribution is 2.51. The summed E-state index contributed by atoms with van der Waals surface area (Å²) in [7, 11) is 6.47. The van der Waals surface area contributed by atoms with Crippen LogP contribution >= 0.6 is 0 Å². The van der Waals surface area contributed by atoms with Gasteiger partial charge in [0.1, 0.15) is 12.1 Å². The van der Waals surface area contributed by atoms with Crippen molar-refractivity contribution in [2.45, 2.75) is 5.92 Å². The molecule has 41 heavy (non-hydrogen) atoms. The molecule has 7 rings (SSSR count). The molecule has 1 aliphatic heterocycles. The van der Waals surface area contributed by atoms with Crippen molar-refractivity contribution < 1.29 is 23.7 Å². The molecule has 0 bridgehead atoms. The smallest absolute Gasteiger partial charge is 0.228 e. The fraction of sp³-hybridized carbons (Fsp3) is 0.156. The van der Waals surface area contributed by atoms with Gasteiger partial charge in [0, 0.05) is 17.0 Å². The Hall–Kier alpha value is -5.31. The zero-order valence-electron chi connectivity index (χ0n) is 22.9. The number of rotatable bonds is 6. The number of aromatic nitrogens is 4. The third-order valence-corrected chi connectivity index (χ3v) is 7.48. The van der Waals surface area contributed by atoms with Gasteiger partial charge in [-0.2, -0.15) is 0 Å². The number of hydrogen-bond donors (Lipinski definition) is 0. The van der Waals surface area contributed by atoms with Gasteiger partial charge in [-0.25, -0.2) is 14.5 Å². The molecule has 6 aromatic rings. The van der Waals surface area contributed by atoms with E-state index in [1.54, 1.807) is 39.3 Å². The molecule has 0 unspecified atom stereocenters. The molecule has 0 radical (unpaired) electrons. The van der Waals surface area contributed by atoms with Gasteiger partial charge in [-0.3, -0.25) is 0 Å². The van der Waals surface area contributed by atoms with E-state index in [9.17, 15) is 0 Å². The van der Waals surface area contributed by atoms with Crippen LogP contribution in [-0.2, 0) is 0 Å². The van der Waals surface area contributed by atoms with Crippen LogP contribution < -0.4 is 23.7 Å². The van der Waals surface area contributed by atoms with E-state index < -0.39 is 0 Å². The van der Waals surface area contributed by atoms with Crippen LogP contribution in [0.4, 0.5) is 0 Å². The van der Waals surface area contributed by atoms with Gasteiger partial charge in [-0.15, -0.1) is 5.10 Å². The first-order chi connectivity index (χ1) is 20.1. The topological polar surface area (TPSA) is 89.2 Å². The van der Waals surface area contributed by atoms with E-state index in [-0.39, 0.29) is 5.92 Å². The molecule has 0 fully saturated rings. The molecule has 1 aliphatic rings. The molecule has 1 atom stereocenters. The first-order valence-corrected chi connectivity index (χ1v) is 13.0. The summed E-state index contributed by atoms with van der Waals surface area (Å²) in [5, 5.41) is 6.96. The van der Waals surface area contributed by atoms with Crippen LogP contribution in [0.3, 0.4) is 0 Å². The van der Waals surface area contributed by atoms with Crippen molar-refractivity contribution in [2.24, 2.45) is 0 Å². The molecule has 3 heterocycles. The lowest BCUT2D eigenvalue weighted by Crippen LogP contribution is -2.15. The van der Waals surface area contributed by atoms with E-state index in [1.807, 2.05) is 54.6 Å². The Morgan fingerprint density at radius 3 is 2.24 bits per heavy atom. The SMILES string of the molecule is COc1ccc(-c2nc3c4c(ncn3n2)Oc2ccc3ccccc3c2[C@H]4c2ccc(OC)c(OC)c2)cc1OC. The van der Waals surface area contributed by atoms with Crippen LogP contribution in [0.2, 0.25) is 0 Å². The molecule has 0 aliphatic carbocycles. The molecule has 2 aromatic heterocycles. The van der Waals surface area contributed by atoms with Crippen molar-refractivity contribution >= 4 is 16.4 Å². The number of ether oxygens (including phenoxy) is 5. The van der Waals surface area contributed by atoms with Crippen LogP contribution in [0, 0.1) is 0 Å². The second kappa shape index (κ2) is 9.71. The van der Waals surface area contributed by atoms with Crippen LogP contribution in [0.15, 0.2) is 79.1 Å². The molecule has 0 spiro atoms. The number of hydrogen-bond acceptors (Lipinski definition) is 8. The van der Waals surface area contributed by atoms with Crippen molar-refractivity contribution in [3.63, 3.8) is 0 Å². The highest BCUT2D eigenvalue weighted by molar-refractivity contribution is 5.91. The van der Waals surface area contributed by atoms with Crippen molar-refractivity contribution in [3.8, 4) is 46.0 Å². The van der Waals surface area contributed by atoms with Crippen LogP contribution in [0.25, 0.3) is 27.8 Å². The summed E-state index contributed by atoms with van der Waals surface area (Å²) in [6, 6.07) is 23.9. The van der Waals surface area contributed by atoms with Crippen molar-refractivity contribution in [3.05, 3.63) is 95.8 Å². The maximum Gasteiger partial charge on any atom is 0.228 e. The average Bonchev–Trinajstić information content (AvgIpc) is 3.47. The minimum Gasteiger partial charge on any atom is -0.493 e. The molecule has 0 saturated heterocycles. The quantitative estimate of drug-likeness (QED) is 0.241. The molecule has 0 saturated carbocycles. The lowest BCUT2D eigenvalue weighted by Gasteiger charge is -2.29. The number of fused-ring (bicyclic) bond motifs is 6. The first kappa shape index (κ1) is 24.7. The van der Waals surface area contributed by atoms with E-state index in [1.165, 1.54) is 0 Å². The van der Waals surface area contributed by atoms with Gasteiger partial charge >= 0.3 is 0 Å². The van der Waals surface area contributed by atoms with E-state index in [4.69, 9.17) is 33.8 Å². The molecule has 0 N–H and O–H groups in total. The maximum absolute atomic E-state index is 6.44. The normalized spacial score (nSPS) is 13.8. The van der Waals surface area contributed by atoms with E-state index in [2.05, 4.69) is 23.2 Å². The fourth-order valence-electron chi connectivity index (χ4n) is 5.57. The third kappa shape index (κ3) is 3.88. The highest BCUT2D eigenvalue weighted by atomic mass is 16.5. The Labute approximate surface area is 235 Å². The van der Waals surface area contributed by atoms with Gasteiger partial charge in [-0.05, 0) is 52.7 Å². The van der Waals surface area contributed by atoms with E-state index >= 15 is 0 Å². The molecule has 4 aromatic carbocycles. The second-order valence-corrected chi connectivity index (χ2v) is 9.58. The average molecular weight is 547 g/mol. The number of nitrogens with zero attached hydrogens (tertiary/aromatic N) is 4. The summed E-state index contributed by atoms with van der Waals surface area (Å²) in [4.78, 5) is 9.70. The van der Waals surface area contributed by atoms with Gasteiger partial charge < -0.3 is 23.7 Å². The summed E-state index contributed by atoms with van der Waals surface area (Å²) in [5.74, 6) is 3.97. The second-order valence-electron chi connectivity index (χ2n) is 9.58. The summed E-state index contributed by atoms with van der Waals surface area (Å²) in [6.45, 7) is 0. The largest absolute Gasteiger partial charge is 0.493 e. The highest BCUT2D eigenvalue weighted by Gasteiger charge is 2.35. The predicted molar refractivity (Wildman–Crippen MR) is 154 cm³/mol. The molecule has 204 valence electrons. The third-order valence-electron chi connectivity index (χ3n) is 7.48. The maximum atomic E-state index is 6.44. The van der Waals surface area contributed by atoms with Crippen molar-refractivity contribution in [1.82, 2.24) is 19.6 Å². The minimum atomic E-state index is -0.279. The molecular formula is C32H26N4O5. The van der Waals surface area contributed by atoms with Crippen LogP contribution in [0.5, 0.6) is 34.6 Å². The summed E-state index contributed by atoms with van der Waals surface area (Å²) < 4.78 is 30.3. The first-order valence-electron chi connectivity index (χ1n) is 13.0. The van der Waals surface area contributed by atoms with Gasteiger partial charge in [0.25, 0.3) is 0 Å². The van der Waals surface area contributed by atoms with E-state index in [0.29, 0.717) is 40.3 Å². The van der Waals surface area contributed by atoms with E-state index in [0.717, 1.165) is 38.8 Å². The minimum absolute atomic E-state index is 0.279. The summed E-state index contributed by atoms with van der Waals surface area (Å²) in [6.07, 6.45) is 1.63. The standard InChI is InChI=1S/C32H26N4O5/c1-37-22-12-10-19(15-25(22)39-3)27-28-21-8-6-5-7-18(21)9-14-24(28)41-32-29(27)31-34-30(35-36(31)17-33-32)20-11-13-23(38-2)26(16-20)40-4/h5-17,27H,1-4H3/t27-/m1/s1. The van der Waals surface area contributed by atoms with Crippen molar-refractivity contribution in [1.29, 1.82) is 0 Å². The predicted octanol–water partition coefficient (Wildman–Crippen LogP) is 6.26. The lowest BCUT2D eigenvalue weighted by atomic mass is 9.81. The molecule has 9 nitrogen and oxygen atoms in total. The summed E-state index contributed by atoms with van der Waals surface area (Å²) >= 11 is 0. The zero-order valence-corrected chi connectivity index (χ0v) is 22.9. The van der Waals surface area contributed by atoms with Crippen LogP contribution in [-0.4, -0.2) is 48.0 Å². The Bertz CT molecular complexity index is 1950. The zero-order chi connectivity index (χ0) is 28.1. The van der Waals surface area contributed by atoms with Crippen molar-refractivity contribution in [2.75, 3.05) is 28.4 Å². The van der Waals surface area contributed by atoms with Gasteiger partial charge in [-0.1, -0.05) is 36.4 Å². The van der Waals surface area contributed by atoms with Gasteiger partial charge in [0.05, 0.1) is 34.0 Å². The Balaban J connectivity index is 1.50. The number of methoxy groups -OCH3 is 4. The molecule has 9 heteroatoms. The van der Waals surface area contributed by atoms with Gasteiger partial charge in [0.2, 0.25) is 5.88 Å². The fourth-order valence-corrected chi connectivity index (χ4v) is 5.57. The molecule has 0 amide bonds. The number of benzene rings is 4. The Kier molecular flexibility index (Phi) is 5.85. The summed E-state index contributed by atoms with van der Waals surface area (Å²) in [5.41, 5.74) is 4.23. The lowest BCUT2D eigenvalue weighted by molar-refractivity contribution is 0.354. The van der Waals surface area contributed by atoms with Gasteiger partial charge in [0.15, 0.2) is 34.5 Å². The molecular weight excluding hydrogens is 520 g/mol.